The Balaban J connectivity index is 2.18. The molecule has 104 valence electrons. The van der Waals surface area contributed by atoms with E-state index >= 15 is 0 Å². The van der Waals surface area contributed by atoms with Gasteiger partial charge in [-0.3, -0.25) is 14.5 Å². The van der Waals surface area contributed by atoms with Gasteiger partial charge in [0.2, 0.25) is 11.8 Å². The number of amides is 4. The van der Waals surface area contributed by atoms with Gasteiger partial charge in [-0.15, -0.1) is 11.8 Å². The number of benzene rings is 1. The quantitative estimate of drug-likeness (QED) is 0.678. The van der Waals surface area contributed by atoms with Gasteiger partial charge in [-0.25, -0.2) is 9.79 Å². The van der Waals surface area contributed by atoms with Crippen molar-refractivity contribution < 1.29 is 14.4 Å². The lowest BCUT2D eigenvalue weighted by atomic mass is 10.1. The van der Waals surface area contributed by atoms with Crippen molar-refractivity contribution in [3.05, 3.63) is 24.3 Å². The number of thioether (sulfide) groups is 1. The van der Waals surface area contributed by atoms with Crippen LogP contribution in [0.15, 0.2) is 34.2 Å². The number of carbonyl (C=O) groups is 3. The molecule has 1 aliphatic heterocycles. The highest BCUT2D eigenvalue weighted by molar-refractivity contribution is 7.98. The van der Waals surface area contributed by atoms with Crippen LogP contribution in [-0.4, -0.2) is 42.3 Å². The summed E-state index contributed by atoms with van der Waals surface area (Å²) in [5, 5.41) is 2.69. The average Bonchev–Trinajstić information content (AvgIpc) is 2.45. The number of carbonyl (C=O) groups excluding carboxylic acids is 3. The third-order valence-corrected chi connectivity index (χ3v) is 3.66. The minimum atomic E-state index is -1.08. The number of anilines is 1. The van der Waals surface area contributed by atoms with Gasteiger partial charge in [0, 0.05) is 18.2 Å². The Morgan fingerprint density at radius 3 is 2.75 bits per heavy atom. The fraction of sp³-hybridized carbons (Fsp3) is 0.231. The van der Waals surface area contributed by atoms with Crippen molar-refractivity contribution >= 4 is 41.5 Å². The molecule has 0 spiro atoms. The smallest absolute Gasteiger partial charge is 0.324 e. The average molecular weight is 291 g/mol. The van der Waals surface area contributed by atoms with Gasteiger partial charge in [0.15, 0.2) is 5.92 Å². The first-order valence-corrected chi connectivity index (χ1v) is 7.06. The SMILES string of the molecule is CSc1ccccc1NC(=O)C1C=NC(=O)N(C)C1=O. The summed E-state index contributed by atoms with van der Waals surface area (Å²) in [5.41, 5.74) is 0.630. The molecule has 1 N–H and O–H groups in total. The van der Waals surface area contributed by atoms with E-state index in [9.17, 15) is 14.4 Å². The lowest BCUT2D eigenvalue weighted by Gasteiger charge is -2.21. The molecule has 1 unspecified atom stereocenters. The molecular formula is C13H13N3O3S. The molecule has 20 heavy (non-hydrogen) atoms. The third-order valence-electron chi connectivity index (χ3n) is 2.86. The minimum Gasteiger partial charge on any atom is -0.324 e. The van der Waals surface area contributed by atoms with E-state index in [1.807, 2.05) is 18.4 Å². The molecule has 0 fully saturated rings. The maximum absolute atomic E-state index is 12.1. The molecular weight excluding hydrogens is 278 g/mol. The zero-order valence-electron chi connectivity index (χ0n) is 11.0. The summed E-state index contributed by atoms with van der Waals surface area (Å²) in [6.45, 7) is 0. The Labute approximate surface area is 120 Å². The topological polar surface area (TPSA) is 78.8 Å². The van der Waals surface area contributed by atoms with Gasteiger partial charge < -0.3 is 5.32 Å². The molecule has 1 aromatic rings. The molecule has 0 saturated carbocycles. The third kappa shape index (κ3) is 2.72. The molecule has 1 aromatic carbocycles. The number of rotatable bonds is 3. The highest BCUT2D eigenvalue weighted by Gasteiger charge is 2.34. The predicted octanol–water partition coefficient (Wildman–Crippen LogP) is 1.63. The second-order valence-corrected chi connectivity index (χ2v) is 4.97. The number of urea groups is 1. The maximum atomic E-state index is 12.1. The van der Waals surface area contributed by atoms with Crippen LogP contribution >= 0.6 is 11.8 Å². The van der Waals surface area contributed by atoms with Crippen LogP contribution in [0.25, 0.3) is 0 Å². The van der Waals surface area contributed by atoms with Crippen molar-refractivity contribution in [3.8, 4) is 0 Å². The van der Waals surface area contributed by atoms with Crippen LogP contribution in [0, 0.1) is 5.92 Å². The molecule has 6 nitrogen and oxygen atoms in total. The number of para-hydroxylation sites is 1. The van der Waals surface area contributed by atoms with E-state index in [1.54, 1.807) is 12.1 Å². The highest BCUT2D eigenvalue weighted by Crippen LogP contribution is 2.25. The zero-order valence-corrected chi connectivity index (χ0v) is 11.8. The van der Waals surface area contributed by atoms with E-state index in [-0.39, 0.29) is 0 Å². The first-order valence-electron chi connectivity index (χ1n) is 5.84. The summed E-state index contributed by atoms with van der Waals surface area (Å²) < 4.78 is 0. The van der Waals surface area contributed by atoms with E-state index in [0.717, 1.165) is 16.0 Å². The van der Waals surface area contributed by atoms with Crippen molar-refractivity contribution in [1.29, 1.82) is 0 Å². The van der Waals surface area contributed by atoms with E-state index < -0.39 is 23.8 Å². The van der Waals surface area contributed by atoms with Gasteiger partial charge in [-0.1, -0.05) is 12.1 Å². The van der Waals surface area contributed by atoms with Crippen LogP contribution in [0.5, 0.6) is 0 Å². The van der Waals surface area contributed by atoms with E-state index in [2.05, 4.69) is 10.3 Å². The van der Waals surface area contributed by atoms with Crippen LogP contribution in [0.1, 0.15) is 0 Å². The van der Waals surface area contributed by atoms with Crippen molar-refractivity contribution in [1.82, 2.24) is 4.90 Å². The van der Waals surface area contributed by atoms with Crippen molar-refractivity contribution in [2.45, 2.75) is 4.90 Å². The van der Waals surface area contributed by atoms with Gasteiger partial charge in [-0.05, 0) is 18.4 Å². The minimum absolute atomic E-state index is 0.500. The molecule has 4 amide bonds. The first kappa shape index (κ1) is 14.3. The molecule has 2 rings (SSSR count). The fourth-order valence-electron chi connectivity index (χ4n) is 1.73. The first-order chi connectivity index (χ1) is 9.54. The number of aliphatic imine (C=N–C) groups is 1. The molecule has 0 aromatic heterocycles. The second-order valence-electron chi connectivity index (χ2n) is 4.13. The molecule has 0 aliphatic carbocycles. The maximum Gasteiger partial charge on any atom is 0.349 e. The molecule has 1 heterocycles. The summed E-state index contributed by atoms with van der Waals surface area (Å²) in [6.07, 6.45) is 2.98. The van der Waals surface area contributed by atoms with Crippen LogP contribution in [-0.2, 0) is 9.59 Å². The van der Waals surface area contributed by atoms with Crippen molar-refractivity contribution in [3.63, 3.8) is 0 Å². The monoisotopic (exact) mass is 291 g/mol. The van der Waals surface area contributed by atoms with Crippen LogP contribution in [0.2, 0.25) is 0 Å². The molecule has 7 heteroatoms. The molecule has 1 atom stereocenters. The Bertz CT molecular complexity index is 600. The second kappa shape index (κ2) is 5.87. The Morgan fingerprint density at radius 1 is 1.35 bits per heavy atom. The lowest BCUT2D eigenvalue weighted by Crippen LogP contribution is -2.45. The molecule has 1 aliphatic rings. The van der Waals surface area contributed by atoms with Crippen LogP contribution in [0.4, 0.5) is 10.5 Å². The van der Waals surface area contributed by atoms with Crippen LogP contribution in [0.3, 0.4) is 0 Å². The number of nitrogens with one attached hydrogen (secondary N) is 1. The predicted molar refractivity (Wildman–Crippen MR) is 77.0 cm³/mol. The van der Waals surface area contributed by atoms with E-state index in [1.165, 1.54) is 18.8 Å². The van der Waals surface area contributed by atoms with Gasteiger partial charge in [0.05, 0.1) is 5.69 Å². The standard InChI is InChI=1S/C13H13N3O3S/c1-16-12(18)8(7-14-13(16)19)11(17)15-9-5-3-4-6-10(9)20-2/h3-8H,1-2H3,(H,15,17). The van der Waals surface area contributed by atoms with Crippen LogP contribution < -0.4 is 5.32 Å². The molecule has 0 saturated heterocycles. The van der Waals surface area contributed by atoms with Gasteiger partial charge in [0.25, 0.3) is 0 Å². The Kier molecular flexibility index (Phi) is 4.19. The Hall–Kier alpha value is -2.15. The molecule has 0 bridgehead atoms. The summed E-state index contributed by atoms with van der Waals surface area (Å²) in [7, 11) is 1.30. The van der Waals surface area contributed by atoms with Crippen molar-refractivity contribution in [2.24, 2.45) is 10.9 Å². The van der Waals surface area contributed by atoms with Gasteiger partial charge in [-0.2, -0.15) is 0 Å². The van der Waals surface area contributed by atoms with Gasteiger partial charge >= 0.3 is 6.03 Å². The number of nitrogens with zero attached hydrogens (tertiary/aromatic N) is 2. The largest absolute Gasteiger partial charge is 0.349 e. The zero-order chi connectivity index (χ0) is 14.7. The van der Waals surface area contributed by atoms with Crippen molar-refractivity contribution in [2.75, 3.05) is 18.6 Å². The van der Waals surface area contributed by atoms with Gasteiger partial charge in [0.1, 0.15) is 0 Å². The lowest BCUT2D eigenvalue weighted by molar-refractivity contribution is -0.134. The summed E-state index contributed by atoms with van der Waals surface area (Å²) in [4.78, 5) is 40.5. The highest BCUT2D eigenvalue weighted by atomic mass is 32.2. The normalized spacial score (nSPS) is 18.3. The van der Waals surface area contributed by atoms with E-state index in [0.29, 0.717) is 5.69 Å². The number of hydrogen-bond acceptors (Lipinski definition) is 4. The summed E-state index contributed by atoms with van der Waals surface area (Å²) in [6, 6.07) is 6.61. The number of imide groups is 1. The Morgan fingerprint density at radius 2 is 2.05 bits per heavy atom. The summed E-state index contributed by atoms with van der Waals surface area (Å²) in [5.74, 6) is -2.16. The van der Waals surface area contributed by atoms with E-state index in [4.69, 9.17) is 0 Å². The molecule has 0 radical (unpaired) electrons. The fourth-order valence-corrected chi connectivity index (χ4v) is 2.28. The summed E-state index contributed by atoms with van der Waals surface area (Å²) >= 11 is 1.49. The number of hydrogen-bond donors (Lipinski definition) is 1.